The van der Waals surface area contributed by atoms with Crippen molar-refractivity contribution in [3.63, 3.8) is 0 Å². The van der Waals surface area contributed by atoms with Crippen molar-refractivity contribution in [2.45, 2.75) is 0 Å². The lowest BCUT2D eigenvalue weighted by Crippen LogP contribution is -2.41. The average Bonchev–Trinajstić information content (AvgIpc) is 2.50. The third kappa shape index (κ3) is 4.96. The Morgan fingerprint density at radius 3 is 2.52 bits per heavy atom. The van der Waals surface area contributed by atoms with Crippen LogP contribution in [0.1, 0.15) is 15.9 Å². The van der Waals surface area contributed by atoms with Gasteiger partial charge in [0.1, 0.15) is 0 Å². The summed E-state index contributed by atoms with van der Waals surface area (Å²) in [5.41, 5.74) is 1.07. The number of ether oxygens (including phenoxy) is 1. The molecule has 0 N–H and O–H groups in total. The first-order chi connectivity index (χ1) is 11.0. The fourth-order valence-electron chi connectivity index (χ4n) is 2.01. The fraction of sp³-hybridized carbons (Fsp3) is 0.267. The second-order valence-corrected chi connectivity index (χ2v) is 5.00. The molecule has 1 aromatic carbocycles. The number of rotatable bonds is 3. The highest BCUT2D eigenvalue weighted by Gasteiger charge is 2.29. The summed E-state index contributed by atoms with van der Waals surface area (Å²) in [5, 5.41) is 0. The van der Waals surface area contributed by atoms with Crippen LogP contribution < -0.4 is 0 Å². The van der Waals surface area contributed by atoms with Crippen LogP contribution in [0.2, 0.25) is 0 Å². The van der Waals surface area contributed by atoms with Gasteiger partial charge in [0.15, 0.2) is 0 Å². The predicted octanol–water partition coefficient (Wildman–Crippen LogP) is 0.546. The van der Waals surface area contributed by atoms with Crippen molar-refractivity contribution >= 4 is 31.1 Å². The van der Waals surface area contributed by atoms with Gasteiger partial charge in [0.25, 0.3) is 0 Å². The van der Waals surface area contributed by atoms with E-state index in [4.69, 9.17) is 9.31 Å². The van der Waals surface area contributed by atoms with Crippen molar-refractivity contribution in [3.05, 3.63) is 41.4 Å². The molecule has 0 saturated carbocycles. The number of hydrogen-bond donors (Lipinski definition) is 0. The second-order valence-electron chi connectivity index (χ2n) is 5.00. The van der Waals surface area contributed by atoms with Gasteiger partial charge in [0.2, 0.25) is 0 Å². The molecule has 7 nitrogen and oxygen atoms in total. The van der Waals surface area contributed by atoms with E-state index in [1.54, 1.807) is 37.4 Å². The van der Waals surface area contributed by atoms with Crippen LogP contribution in [0.15, 0.2) is 30.2 Å². The SMILES string of the molecule is COC(=O)c1cccc(/C=C/B2OC(=O)CN(C)CC(=O)O2)c1. The van der Waals surface area contributed by atoms with Gasteiger partial charge in [-0.3, -0.25) is 14.5 Å². The van der Waals surface area contributed by atoms with Gasteiger partial charge in [-0.1, -0.05) is 18.2 Å². The van der Waals surface area contributed by atoms with Crippen molar-refractivity contribution in [2.75, 3.05) is 27.2 Å². The van der Waals surface area contributed by atoms with E-state index in [0.29, 0.717) is 11.1 Å². The van der Waals surface area contributed by atoms with Gasteiger partial charge in [-0.2, -0.15) is 0 Å². The van der Waals surface area contributed by atoms with Crippen LogP contribution in [0.5, 0.6) is 0 Å². The van der Waals surface area contributed by atoms with E-state index in [1.807, 2.05) is 0 Å². The lowest BCUT2D eigenvalue weighted by molar-refractivity contribution is -0.145. The lowest BCUT2D eigenvalue weighted by Gasteiger charge is -2.21. The Kier molecular flexibility index (Phi) is 5.53. The topological polar surface area (TPSA) is 82.1 Å². The fourth-order valence-corrected chi connectivity index (χ4v) is 2.01. The van der Waals surface area contributed by atoms with Crippen molar-refractivity contribution < 1.29 is 28.4 Å². The van der Waals surface area contributed by atoms with Crippen LogP contribution >= 0.6 is 0 Å². The first-order valence-electron chi connectivity index (χ1n) is 6.92. The number of carbonyl (C=O) groups excluding carboxylic acids is 3. The van der Waals surface area contributed by atoms with Crippen LogP contribution in [-0.4, -0.2) is 57.2 Å². The Balaban J connectivity index is 2.10. The van der Waals surface area contributed by atoms with Crippen LogP contribution in [0.3, 0.4) is 0 Å². The van der Waals surface area contributed by atoms with E-state index < -0.39 is 25.0 Å². The summed E-state index contributed by atoms with van der Waals surface area (Å²) in [5.74, 6) is 0.0142. The largest absolute Gasteiger partial charge is 0.628 e. The van der Waals surface area contributed by atoms with Crippen molar-refractivity contribution in [2.24, 2.45) is 0 Å². The zero-order chi connectivity index (χ0) is 16.8. The summed E-state index contributed by atoms with van der Waals surface area (Å²) in [4.78, 5) is 36.2. The molecule has 1 fully saturated rings. The summed E-state index contributed by atoms with van der Waals surface area (Å²) < 4.78 is 14.7. The highest BCUT2D eigenvalue weighted by atomic mass is 16.6. The molecule has 0 aliphatic carbocycles. The molecule has 1 aliphatic rings. The third-order valence-corrected chi connectivity index (χ3v) is 3.05. The maximum atomic E-state index is 11.6. The van der Waals surface area contributed by atoms with Crippen molar-refractivity contribution in [1.82, 2.24) is 4.90 Å². The molecule has 0 bridgehead atoms. The van der Waals surface area contributed by atoms with Gasteiger partial charge in [0, 0.05) is 0 Å². The van der Waals surface area contributed by atoms with Gasteiger partial charge < -0.3 is 14.0 Å². The van der Waals surface area contributed by atoms with Crippen molar-refractivity contribution in [1.29, 1.82) is 0 Å². The van der Waals surface area contributed by atoms with Gasteiger partial charge in [-0.25, -0.2) is 4.79 Å². The highest BCUT2D eigenvalue weighted by molar-refractivity contribution is 6.55. The van der Waals surface area contributed by atoms with Crippen LogP contribution in [0, 0.1) is 0 Å². The summed E-state index contributed by atoms with van der Waals surface area (Å²) in [6.07, 6.45) is 1.60. The summed E-state index contributed by atoms with van der Waals surface area (Å²) in [6.45, 7) is 0.0224. The summed E-state index contributed by atoms with van der Waals surface area (Å²) in [7, 11) is 1.83. The number of esters is 1. The van der Waals surface area contributed by atoms with Crippen LogP contribution in [0.4, 0.5) is 0 Å². The molecule has 1 saturated heterocycles. The minimum absolute atomic E-state index is 0.0112. The second kappa shape index (κ2) is 7.60. The Hall–Kier alpha value is -2.61. The molecule has 0 unspecified atom stereocenters. The van der Waals surface area contributed by atoms with E-state index in [1.165, 1.54) is 18.0 Å². The molecule has 0 aromatic heterocycles. The number of benzene rings is 1. The molecule has 0 radical (unpaired) electrons. The van der Waals surface area contributed by atoms with E-state index >= 15 is 0 Å². The maximum Gasteiger partial charge on any atom is 0.628 e. The van der Waals surface area contributed by atoms with E-state index in [9.17, 15) is 14.4 Å². The number of carbonyl (C=O) groups is 3. The Morgan fingerprint density at radius 2 is 1.91 bits per heavy atom. The predicted molar refractivity (Wildman–Crippen MR) is 82.3 cm³/mol. The molecule has 1 aromatic rings. The summed E-state index contributed by atoms with van der Waals surface area (Å²) in [6, 6.07) is 6.68. The molecule has 8 heteroatoms. The van der Waals surface area contributed by atoms with E-state index in [0.717, 1.165) is 0 Å². The first kappa shape index (κ1) is 16.8. The quantitative estimate of drug-likeness (QED) is 0.594. The molecule has 23 heavy (non-hydrogen) atoms. The molecular formula is C15H16BNO6. The zero-order valence-electron chi connectivity index (χ0n) is 12.9. The molecule has 1 aliphatic heterocycles. The number of likely N-dealkylation sites (N-methyl/N-ethyl adjacent to an activating group) is 1. The Morgan fingerprint density at radius 1 is 1.26 bits per heavy atom. The smallest absolute Gasteiger partial charge is 0.495 e. The third-order valence-electron chi connectivity index (χ3n) is 3.05. The number of hydrogen-bond acceptors (Lipinski definition) is 7. The summed E-state index contributed by atoms with van der Waals surface area (Å²) >= 11 is 0. The molecule has 120 valence electrons. The van der Waals surface area contributed by atoms with Gasteiger partial charge in [-0.15, -0.1) is 0 Å². The normalized spacial score (nSPS) is 16.5. The standard InChI is InChI=1S/C15H16BNO6/c1-17-9-13(18)22-16(23-14(19)10-17)7-6-11-4-3-5-12(8-11)15(20)21-2/h3-8H,9-10H2,1-2H3/b7-6+. The monoisotopic (exact) mass is 317 g/mol. The molecule has 2 rings (SSSR count). The molecule has 0 spiro atoms. The Labute approximate surface area is 133 Å². The minimum Gasteiger partial charge on any atom is -0.495 e. The molecule has 1 heterocycles. The Bertz CT molecular complexity index is 625. The van der Waals surface area contributed by atoms with E-state index in [2.05, 4.69) is 4.74 Å². The minimum atomic E-state index is -1.09. The van der Waals surface area contributed by atoms with Gasteiger partial charge in [-0.05, 0) is 30.7 Å². The molecule has 0 atom stereocenters. The zero-order valence-corrected chi connectivity index (χ0v) is 12.9. The number of nitrogens with zero attached hydrogens (tertiary/aromatic N) is 1. The molecule has 0 amide bonds. The van der Waals surface area contributed by atoms with Gasteiger partial charge >= 0.3 is 25.0 Å². The average molecular weight is 317 g/mol. The first-order valence-corrected chi connectivity index (χ1v) is 6.92. The van der Waals surface area contributed by atoms with E-state index in [-0.39, 0.29) is 13.1 Å². The van der Waals surface area contributed by atoms with Gasteiger partial charge in [0.05, 0.1) is 25.8 Å². The van der Waals surface area contributed by atoms with Crippen molar-refractivity contribution in [3.8, 4) is 0 Å². The lowest BCUT2D eigenvalue weighted by atomic mass is 9.88. The number of methoxy groups -OCH3 is 1. The maximum absolute atomic E-state index is 11.6. The van der Waals surface area contributed by atoms with Crippen LogP contribution in [0.25, 0.3) is 6.08 Å². The molecular weight excluding hydrogens is 301 g/mol. The highest BCUT2D eigenvalue weighted by Crippen LogP contribution is 2.10. The van der Waals surface area contributed by atoms with Crippen LogP contribution in [-0.2, 0) is 23.6 Å².